The Morgan fingerprint density at radius 3 is 2.83 bits per heavy atom. The Hall–Kier alpha value is -1.98. The van der Waals surface area contributed by atoms with E-state index in [1.54, 1.807) is 47.6 Å². The second-order valence-corrected chi connectivity index (χ2v) is 6.14. The fraction of sp³-hybridized carbons (Fsp3) is 0.250. The van der Waals surface area contributed by atoms with E-state index in [-0.39, 0.29) is 6.03 Å². The zero-order chi connectivity index (χ0) is 16.2. The first-order valence-corrected chi connectivity index (χ1v) is 7.91. The van der Waals surface area contributed by atoms with E-state index in [2.05, 4.69) is 10.3 Å². The number of aromatic nitrogens is 1. The summed E-state index contributed by atoms with van der Waals surface area (Å²) in [5, 5.41) is 3.77. The van der Waals surface area contributed by atoms with E-state index in [0.717, 1.165) is 0 Å². The second-order valence-electron chi connectivity index (χ2n) is 5.33. The molecule has 0 radical (unpaired) electrons. The average molecular weight is 352 g/mol. The minimum absolute atomic E-state index is 0.121. The third kappa shape index (κ3) is 4.06. The summed E-state index contributed by atoms with van der Waals surface area (Å²) in [7, 11) is 0. The van der Waals surface area contributed by atoms with Crippen LogP contribution in [-0.4, -0.2) is 35.6 Å². The Kier molecular flexibility index (Phi) is 4.88. The third-order valence-electron chi connectivity index (χ3n) is 3.53. The molecule has 0 unspecified atom stereocenters. The van der Waals surface area contributed by atoms with Crippen LogP contribution < -0.4 is 10.1 Å². The maximum absolute atomic E-state index is 12.0. The first-order valence-electron chi connectivity index (χ1n) is 7.15. The Bertz CT molecular complexity index is 691. The number of benzene rings is 1. The molecule has 3 rings (SSSR count). The molecule has 1 fully saturated rings. The fourth-order valence-electron chi connectivity index (χ4n) is 2.26. The molecule has 2 aromatic rings. The molecule has 1 aromatic carbocycles. The lowest BCUT2D eigenvalue weighted by Gasteiger charge is -2.38. The molecule has 0 bridgehead atoms. The minimum atomic E-state index is -0.121. The SMILES string of the molecule is O=C(Nc1cccnc1)N1CC(COc2ccc(Cl)c(Cl)c2)C1. The van der Waals surface area contributed by atoms with Crippen molar-refractivity contribution in [2.75, 3.05) is 25.0 Å². The van der Waals surface area contributed by atoms with Crippen LogP contribution in [0, 0.1) is 5.92 Å². The predicted molar refractivity (Wildman–Crippen MR) is 90.3 cm³/mol. The Morgan fingerprint density at radius 1 is 1.30 bits per heavy atom. The molecule has 1 aliphatic rings. The van der Waals surface area contributed by atoms with Gasteiger partial charge in [-0.05, 0) is 24.3 Å². The number of pyridine rings is 1. The predicted octanol–water partition coefficient (Wildman–Crippen LogP) is 3.93. The maximum atomic E-state index is 12.0. The summed E-state index contributed by atoms with van der Waals surface area (Å²) in [5.74, 6) is 0.988. The van der Waals surface area contributed by atoms with Gasteiger partial charge in [-0.25, -0.2) is 4.79 Å². The first-order chi connectivity index (χ1) is 11.1. The number of carbonyl (C=O) groups excluding carboxylic acids is 1. The molecule has 1 aromatic heterocycles. The van der Waals surface area contributed by atoms with Crippen LogP contribution in [0.1, 0.15) is 0 Å². The summed E-state index contributed by atoms with van der Waals surface area (Å²) in [5.41, 5.74) is 0.688. The molecule has 7 heteroatoms. The molecule has 0 atom stereocenters. The van der Waals surface area contributed by atoms with Crippen LogP contribution in [-0.2, 0) is 0 Å². The van der Waals surface area contributed by atoms with Gasteiger partial charge in [0.05, 0.1) is 28.5 Å². The standard InChI is InChI=1S/C16H15Cl2N3O2/c17-14-4-3-13(6-15(14)18)23-10-11-8-21(9-11)16(22)20-12-2-1-5-19-7-12/h1-7,11H,8-10H2,(H,20,22). The molecule has 1 saturated heterocycles. The van der Waals surface area contributed by atoms with Gasteiger partial charge in [0.2, 0.25) is 0 Å². The highest BCUT2D eigenvalue weighted by molar-refractivity contribution is 6.42. The maximum Gasteiger partial charge on any atom is 0.321 e. The largest absolute Gasteiger partial charge is 0.493 e. The van der Waals surface area contributed by atoms with Crippen molar-refractivity contribution in [2.24, 2.45) is 5.92 Å². The van der Waals surface area contributed by atoms with Crippen molar-refractivity contribution in [3.63, 3.8) is 0 Å². The number of rotatable bonds is 4. The van der Waals surface area contributed by atoms with Gasteiger partial charge in [0, 0.05) is 31.3 Å². The van der Waals surface area contributed by atoms with Crippen molar-refractivity contribution in [1.82, 2.24) is 9.88 Å². The summed E-state index contributed by atoms with van der Waals surface area (Å²) in [6, 6.07) is 8.63. The number of likely N-dealkylation sites (tertiary alicyclic amines) is 1. The van der Waals surface area contributed by atoms with Gasteiger partial charge in [-0.3, -0.25) is 4.98 Å². The summed E-state index contributed by atoms with van der Waals surface area (Å²) in [6.45, 7) is 1.86. The molecule has 5 nitrogen and oxygen atoms in total. The highest BCUT2D eigenvalue weighted by atomic mass is 35.5. The smallest absolute Gasteiger partial charge is 0.321 e. The fourth-order valence-corrected chi connectivity index (χ4v) is 2.55. The number of urea groups is 1. The summed E-state index contributed by atoms with van der Waals surface area (Å²) in [4.78, 5) is 17.7. The van der Waals surface area contributed by atoms with Gasteiger partial charge in [0.15, 0.2) is 0 Å². The first kappa shape index (κ1) is 15.9. The summed E-state index contributed by atoms with van der Waals surface area (Å²) >= 11 is 11.8. The quantitative estimate of drug-likeness (QED) is 0.907. The van der Waals surface area contributed by atoms with Gasteiger partial charge in [-0.1, -0.05) is 23.2 Å². The van der Waals surface area contributed by atoms with E-state index >= 15 is 0 Å². The molecule has 1 N–H and O–H groups in total. The molecule has 2 amide bonds. The highest BCUT2D eigenvalue weighted by Gasteiger charge is 2.31. The number of nitrogens with one attached hydrogen (secondary N) is 1. The number of ether oxygens (including phenoxy) is 1. The molecule has 120 valence electrons. The van der Waals surface area contributed by atoms with E-state index in [1.165, 1.54) is 0 Å². The van der Waals surface area contributed by atoms with Crippen LogP contribution in [0.15, 0.2) is 42.7 Å². The van der Waals surface area contributed by atoms with Gasteiger partial charge in [-0.2, -0.15) is 0 Å². The number of hydrogen-bond acceptors (Lipinski definition) is 3. The minimum Gasteiger partial charge on any atom is -0.493 e. The van der Waals surface area contributed by atoms with Crippen LogP contribution in [0.5, 0.6) is 5.75 Å². The lowest BCUT2D eigenvalue weighted by Crippen LogP contribution is -2.53. The molecule has 0 aliphatic carbocycles. The Morgan fingerprint density at radius 2 is 2.13 bits per heavy atom. The molecule has 23 heavy (non-hydrogen) atoms. The van der Waals surface area contributed by atoms with Crippen LogP contribution in [0.4, 0.5) is 10.5 Å². The number of nitrogens with zero attached hydrogens (tertiary/aromatic N) is 2. The Labute approximate surface area is 144 Å². The van der Waals surface area contributed by atoms with Crippen molar-refractivity contribution < 1.29 is 9.53 Å². The number of halogens is 2. The van der Waals surface area contributed by atoms with Crippen molar-refractivity contribution >= 4 is 34.9 Å². The number of carbonyl (C=O) groups is 1. The van der Waals surface area contributed by atoms with Gasteiger partial charge < -0.3 is 15.0 Å². The lowest BCUT2D eigenvalue weighted by molar-refractivity contribution is 0.0925. The van der Waals surface area contributed by atoms with Crippen LogP contribution in [0.2, 0.25) is 10.0 Å². The zero-order valence-electron chi connectivity index (χ0n) is 12.2. The highest BCUT2D eigenvalue weighted by Crippen LogP contribution is 2.27. The van der Waals surface area contributed by atoms with Crippen molar-refractivity contribution in [2.45, 2.75) is 0 Å². The molecule has 1 aliphatic heterocycles. The lowest BCUT2D eigenvalue weighted by atomic mass is 10.0. The average Bonchev–Trinajstić information content (AvgIpc) is 2.50. The van der Waals surface area contributed by atoms with E-state index in [9.17, 15) is 4.79 Å². The van der Waals surface area contributed by atoms with Crippen molar-refractivity contribution in [3.05, 3.63) is 52.8 Å². The van der Waals surface area contributed by atoms with E-state index in [1.807, 2.05) is 0 Å². The van der Waals surface area contributed by atoms with Gasteiger partial charge in [0.1, 0.15) is 5.75 Å². The molecule has 0 spiro atoms. The summed E-state index contributed by atoms with van der Waals surface area (Å²) < 4.78 is 5.68. The molecule has 0 saturated carbocycles. The Balaban J connectivity index is 1.42. The topological polar surface area (TPSA) is 54.5 Å². The third-order valence-corrected chi connectivity index (χ3v) is 4.27. The number of amides is 2. The van der Waals surface area contributed by atoms with E-state index in [0.29, 0.717) is 47.1 Å². The van der Waals surface area contributed by atoms with Crippen LogP contribution in [0.3, 0.4) is 0 Å². The molecule has 2 heterocycles. The monoisotopic (exact) mass is 351 g/mol. The molecular weight excluding hydrogens is 337 g/mol. The zero-order valence-corrected chi connectivity index (χ0v) is 13.7. The van der Waals surface area contributed by atoms with Crippen molar-refractivity contribution in [3.8, 4) is 5.75 Å². The van der Waals surface area contributed by atoms with Crippen LogP contribution in [0.25, 0.3) is 0 Å². The van der Waals surface area contributed by atoms with Gasteiger partial charge >= 0.3 is 6.03 Å². The van der Waals surface area contributed by atoms with E-state index in [4.69, 9.17) is 27.9 Å². The summed E-state index contributed by atoms with van der Waals surface area (Å²) in [6.07, 6.45) is 3.28. The van der Waals surface area contributed by atoms with E-state index < -0.39 is 0 Å². The normalized spacial score (nSPS) is 14.3. The van der Waals surface area contributed by atoms with Crippen LogP contribution >= 0.6 is 23.2 Å². The van der Waals surface area contributed by atoms with Gasteiger partial charge in [-0.15, -0.1) is 0 Å². The number of hydrogen-bond donors (Lipinski definition) is 1. The van der Waals surface area contributed by atoms with Gasteiger partial charge in [0.25, 0.3) is 0 Å². The molecular formula is C16H15Cl2N3O2. The van der Waals surface area contributed by atoms with Crippen molar-refractivity contribution in [1.29, 1.82) is 0 Å². The second kappa shape index (κ2) is 7.06. The number of anilines is 1.